The lowest BCUT2D eigenvalue weighted by Gasteiger charge is -2.26. The van der Waals surface area contributed by atoms with E-state index in [1.54, 1.807) is 12.1 Å². The van der Waals surface area contributed by atoms with Crippen LogP contribution in [-0.4, -0.2) is 22.0 Å². The molecule has 0 spiro atoms. The van der Waals surface area contributed by atoms with E-state index < -0.39 is 5.60 Å². The highest BCUT2D eigenvalue weighted by atomic mass is 16.3. The highest BCUT2D eigenvalue weighted by Gasteiger charge is 2.26. The van der Waals surface area contributed by atoms with Crippen molar-refractivity contribution in [3.05, 3.63) is 29.6 Å². The fourth-order valence-electron chi connectivity index (χ4n) is 1.99. The molecule has 0 aromatic carbocycles. The van der Waals surface area contributed by atoms with Crippen LogP contribution in [0.1, 0.15) is 48.2 Å². The Morgan fingerprint density at radius 2 is 2.06 bits per heavy atom. The lowest BCUT2D eigenvalue weighted by atomic mass is 9.85. The first kappa shape index (κ1) is 11.8. The van der Waals surface area contributed by atoms with Gasteiger partial charge in [0.25, 0.3) is 0 Å². The zero-order valence-electron chi connectivity index (χ0n) is 9.65. The van der Waals surface area contributed by atoms with Gasteiger partial charge in [-0.15, -0.1) is 0 Å². The summed E-state index contributed by atoms with van der Waals surface area (Å²) in [5, 5.41) is 10.2. The molecule has 17 heavy (non-hydrogen) atoms. The van der Waals surface area contributed by atoms with Gasteiger partial charge in [-0.3, -0.25) is 4.79 Å². The molecule has 1 N–H and O–H groups in total. The van der Waals surface area contributed by atoms with E-state index >= 15 is 0 Å². The first-order chi connectivity index (χ1) is 8.22. The Morgan fingerprint density at radius 1 is 1.29 bits per heavy atom. The lowest BCUT2D eigenvalue weighted by molar-refractivity contribution is 0.0610. The molecule has 0 unspecified atom stereocenters. The van der Waals surface area contributed by atoms with Crippen molar-refractivity contribution in [3.8, 4) is 11.8 Å². The second-order valence-electron chi connectivity index (χ2n) is 4.44. The topological polar surface area (TPSA) is 50.2 Å². The summed E-state index contributed by atoms with van der Waals surface area (Å²) in [7, 11) is 0. The largest absolute Gasteiger partial charge is 0.378 e. The first-order valence-electron chi connectivity index (χ1n) is 5.89. The van der Waals surface area contributed by atoms with Crippen LogP contribution in [0.15, 0.2) is 18.3 Å². The van der Waals surface area contributed by atoms with E-state index in [9.17, 15) is 9.90 Å². The van der Waals surface area contributed by atoms with Crippen LogP contribution in [0.5, 0.6) is 0 Å². The van der Waals surface area contributed by atoms with Gasteiger partial charge >= 0.3 is 0 Å². The van der Waals surface area contributed by atoms with Crippen molar-refractivity contribution >= 4 is 6.29 Å². The van der Waals surface area contributed by atoms with Crippen LogP contribution in [0.25, 0.3) is 0 Å². The van der Waals surface area contributed by atoms with E-state index in [1.165, 1.54) is 12.6 Å². The minimum atomic E-state index is -0.844. The average Bonchev–Trinajstić information content (AvgIpc) is 2.38. The molecule has 1 fully saturated rings. The number of carbonyl (C=O) groups excluding carboxylic acids is 1. The van der Waals surface area contributed by atoms with Gasteiger partial charge in [0.1, 0.15) is 11.3 Å². The van der Waals surface area contributed by atoms with Crippen molar-refractivity contribution in [2.75, 3.05) is 0 Å². The molecular weight excluding hydrogens is 214 g/mol. The predicted octanol–water partition coefficient (Wildman–Crippen LogP) is 1.94. The second kappa shape index (κ2) is 5.11. The zero-order valence-corrected chi connectivity index (χ0v) is 9.65. The number of nitrogens with zero attached hydrogens (tertiary/aromatic N) is 1. The Hall–Kier alpha value is -1.66. The van der Waals surface area contributed by atoms with Crippen LogP contribution in [0.4, 0.5) is 0 Å². The van der Waals surface area contributed by atoms with Gasteiger partial charge in [-0.05, 0) is 43.7 Å². The number of hydrogen-bond donors (Lipinski definition) is 1. The molecule has 0 atom stereocenters. The Labute approximate surface area is 101 Å². The van der Waals surface area contributed by atoms with Gasteiger partial charge in [0, 0.05) is 11.8 Å². The third-order valence-electron chi connectivity index (χ3n) is 3.03. The van der Waals surface area contributed by atoms with Crippen LogP contribution in [0.3, 0.4) is 0 Å². The number of aliphatic hydroxyl groups is 1. The van der Waals surface area contributed by atoms with Gasteiger partial charge in [-0.25, -0.2) is 4.98 Å². The number of aldehydes is 1. The molecule has 0 amide bonds. The fraction of sp³-hybridized carbons (Fsp3) is 0.429. The molecule has 1 aliphatic rings. The maximum atomic E-state index is 10.5. The molecule has 1 heterocycles. The van der Waals surface area contributed by atoms with Crippen LogP contribution >= 0.6 is 0 Å². The van der Waals surface area contributed by atoms with Crippen molar-refractivity contribution in [1.29, 1.82) is 0 Å². The summed E-state index contributed by atoms with van der Waals surface area (Å²) in [5.74, 6) is 5.79. The van der Waals surface area contributed by atoms with Crippen LogP contribution in [0.2, 0.25) is 0 Å². The fourth-order valence-corrected chi connectivity index (χ4v) is 1.99. The molecule has 0 radical (unpaired) electrons. The molecule has 1 saturated carbocycles. The number of pyridine rings is 1. The molecule has 1 aliphatic carbocycles. The maximum Gasteiger partial charge on any atom is 0.151 e. The van der Waals surface area contributed by atoms with Crippen LogP contribution in [-0.2, 0) is 0 Å². The highest BCUT2D eigenvalue weighted by Crippen LogP contribution is 2.27. The predicted molar refractivity (Wildman–Crippen MR) is 64.5 cm³/mol. The minimum absolute atomic E-state index is 0.534. The summed E-state index contributed by atoms with van der Waals surface area (Å²) >= 11 is 0. The van der Waals surface area contributed by atoms with Gasteiger partial charge in [0.05, 0.1) is 0 Å². The smallest absolute Gasteiger partial charge is 0.151 e. The van der Waals surface area contributed by atoms with E-state index in [2.05, 4.69) is 16.8 Å². The van der Waals surface area contributed by atoms with Gasteiger partial charge in [-0.2, -0.15) is 0 Å². The Kier molecular flexibility index (Phi) is 3.55. The standard InChI is InChI=1S/C14H15NO2/c16-11-12-4-5-13(15-10-12)6-9-14(17)7-2-1-3-8-14/h4-5,10-11,17H,1-3,7-8H2. The third kappa shape index (κ3) is 3.15. The lowest BCUT2D eigenvalue weighted by Crippen LogP contribution is -2.29. The molecule has 0 bridgehead atoms. The molecular formula is C14H15NO2. The summed E-state index contributed by atoms with van der Waals surface area (Å²) in [4.78, 5) is 14.5. The molecule has 3 heteroatoms. The molecule has 88 valence electrons. The van der Waals surface area contributed by atoms with Crippen molar-refractivity contribution < 1.29 is 9.90 Å². The third-order valence-corrected chi connectivity index (χ3v) is 3.03. The average molecular weight is 229 g/mol. The Morgan fingerprint density at radius 3 is 2.65 bits per heavy atom. The molecule has 0 aliphatic heterocycles. The molecule has 1 aromatic rings. The summed E-state index contributed by atoms with van der Waals surface area (Å²) < 4.78 is 0. The summed E-state index contributed by atoms with van der Waals surface area (Å²) in [6, 6.07) is 3.37. The van der Waals surface area contributed by atoms with E-state index in [1.807, 2.05) is 0 Å². The van der Waals surface area contributed by atoms with E-state index in [0.29, 0.717) is 11.3 Å². The number of aromatic nitrogens is 1. The first-order valence-corrected chi connectivity index (χ1v) is 5.89. The quantitative estimate of drug-likeness (QED) is 0.591. The van der Waals surface area contributed by atoms with Crippen molar-refractivity contribution in [2.24, 2.45) is 0 Å². The summed E-state index contributed by atoms with van der Waals surface area (Å²) in [6.07, 6.45) is 6.96. The molecule has 3 nitrogen and oxygen atoms in total. The van der Waals surface area contributed by atoms with Gasteiger partial charge in [0.2, 0.25) is 0 Å². The normalized spacial score (nSPS) is 17.9. The molecule has 2 rings (SSSR count). The minimum Gasteiger partial charge on any atom is -0.378 e. The number of hydrogen-bond acceptors (Lipinski definition) is 3. The summed E-state index contributed by atoms with van der Waals surface area (Å²) in [5.41, 5.74) is 0.282. The highest BCUT2D eigenvalue weighted by molar-refractivity contribution is 5.74. The van der Waals surface area contributed by atoms with Gasteiger partial charge < -0.3 is 5.11 Å². The monoisotopic (exact) mass is 229 g/mol. The Balaban J connectivity index is 2.11. The van der Waals surface area contributed by atoms with E-state index in [4.69, 9.17) is 0 Å². The number of carbonyl (C=O) groups is 1. The zero-order chi connectivity index (χ0) is 12.1. The molecule has 1 aromatic heterocycles. The molecule has 0 saturated heterocycles. The second-order valence-corrected chi connectivity index (χ2v) is 4.44. The van der Waals surface area contributed by atoms with Crippen LogP contribution in [0, 0.1) is 11.8 Å². The SMILES string of the molecule is O=Cc1ccc(C#CC2(O)CCCCC2)nc1. The van der Waals surface area contributed by atoms with E-state index in [0.717, 1.165) is 32.0 Å². The van der Waals surface area contributed by atoms with E-state index in [-0.39, 0.29) is 0 Å². The van der Waals surface area contributed by atoms with Gasteiger partial charge in [-0.1, -0.05) is 12.3 Å². The van der Waals surface area contributed by atoms with Gasteiger partial charge in [0.15, 0.2) is 6.29 Å². The number of rotatable bonds is 1. The van der Waals surface area contributed by atoms with Crippen LogP contribution < -0.4 is 0 Å². The maximum absolute atomic E-state index is 10.5. The summed E-state index contributed by atoms with van der Waals surface area (Å²) in [6.45, 7) is 0. The van der Waals surface area contributed by atoms with Crippen molar-refractivity contribution in [3.63, 3.8) is 0 Å². The van der Waals surface area contributed by atoms with Crippen molar-refractivity contribution in [1.82, 2.24) is 4.98 Å². The van der Waals surface area contributed by atoms with Crippen molar-refractivity contribution in [2.45, 2.75) is 37.7 Å². The Bertz CT molecular complexity index is 447.